The van der Waals surface area contributed by atoms with Gasteiger partial charge in [0.1, 0.15) is 0 Å². The van der Waals surface area contributed by atoms with Crippen molar-refractivity contribution in [2.75, 3.05) is 0 Å². The molecule has 0 bridgehead atoms. The summed E-state index contributed by atoms with van der Waals surface area (Å²) in [6.45, 7) is 23.2. The zero-order valence-corrected chi connectivity index (χ0v) is 47.4. The van der Waals surface area contributed by atoms with Gasteiger partial charge in [-0.05, 0) is 160 Å². The van der Waals surface area contributed by atoms with Crippen LogP contribution < -0.4 is 0 Å². The van der Waals surface area contributed by atoms with Gasteiger partial charge in [0.15, 0.2) is 0 Å². The summed E-state index contributed by atoms with van der Waals surface area (Å²) in [5.41, 5.74) is 30.0. The van der Waals surface area contributed by atoms with Gasteiger partial charge >= 0.3 is 77.6 Å². The SMILES string of the molecule is CCCCCCC1=C(c2cc(CCCC)c(CCCCCC)c(CCCC)c2)[N+](=[N-])C(c2cc(CCCC)c(CCCCCC)c(CCCC)c2)=C1CCCC.CCCC[CH2][Ni][CH2]CCCC. The van der Waals surface area contributed by atoms with E-state index in [4.69, 9.17) is 0 Å². The van der Waals surface area contributed by atoms with Crippen LogP contribution in [0.2, 0.25) is 10.8 Å². The van der Waals surface area contributed by atoms with Gasteiger partial charge in [-0.15, -0.1) is 0 Å². The molecule has 386 valence electrons. The van der Waals surface area contributed by atoms with Crippen LogP contribution >= 0.6 is 0 Å². The first kappa shape index (κ1) is 61.1. The molecule has 0 atom stereocenters. The average molecular weight is 966 g/mol. The van der Waals surface area contributed by atoms with Crippen molar-refractivity contribution >= 4 is 11.4 Å². The van der Waals surface area contributed by atoms with E-state index in [1.54, 1.807) is 38.1 Å². The standard InChI is InChI=1S/C54H88N2.2C5H11.Ni/c1-9-17-25-28-36-49-43(31-20-12-4)39-47(40-44(49)32-21-13-5)53-51(35-24-16-8)52(38-30-27-19-11-3)54(56(53)55)48-41-45(33-22-14-6)50(37-29-26-18-10-2)46(42-48)34-23-15-7;2*1-3-5-4-2;/h39-42H,9-38H2,1-8H3;2*1,3-5H2,2H3;. The molecule has 67 heavy (non-hydrogen) atoms. The van der Waals surface area contributed by atoms with Crippen molar-refractivity contribution in [1.29, 1.82) is 0 Å². The van der Waals surface area contributed by atoms with Crippen molar-refractivity contribution in [2.24, 2.45) is 0 Å². The maximum absolute atomic E-state index is 12.9. The Morgan fingerprint density at radius 3 is 0.896 bits per heavy atom. The Morgan fingerprint density at radius 1 is 0.313 bits per heavy atom. The van der Waals surface area contributed by atoms with E-state index in [1.807, 2.05) is 14.4 Å². The van der Waals surface area contributed by atoms with E-state index in [0.717, 1.165) is 62.8 Å². The third-order valence-electron chi connectivity index (χ3n) is 14.3. The number of allylic oxidation sites excluding steroid dienone is 2. The fourth-order valence-corrected chi connectivity index (χ4v) is 11.3. The molecule has 1 aliphatic rings. The summed E-state index contributed by atoms with van der Waals surface area (Å²) < 4.78 is 1.73. The molecule has 0 aromatic heterocycles. The number of hydrogen-bond acceptors (Lipinski definition) is 0. The summed E-state index contributed by atoms with van der Waals surface area (Å²) in [5.74, 6) is 0. The molecule has 2 aromatic carbocycles. The predicted octanol–water partition coefficient (Wildman–Crippen LogP) is 21.9. The van der Waals surface area contributed by atoms with Crippen LogP contribution in [0.1, 0.15) is 306 Å². The molecule has 2 nitrogen and oxygen atoms in total. The third kappa shape index (κ3) is 22.8. The summed E-state index contributed by atoms with van der Waals surface area (Å²) in [5, 5.41) is 2.81. The van der Waals surface area contributed by atoms with E-state index in [-0.39, 0.29) is 0 Å². The van der Waals surface area contributed by atoms with Crippen LogP contribution in [0.3, 0.4) is 0 Å². The molecule has 3 rings (SSSR count). The van der Waals surface area contributed by atoms with Gasteiger partial charge < -0.3 is 5.53 Å². The second-order valence-corrected chi connectivity index (χ2v) is 21.8. The van der Waals surface area contributed by atoms with E-state index in [9.17, 15) is 5.53 Å². The predicted molar refractivity (Wildman–Crippen MR) is 297 cm³/mol. The van der Waals surface area contributed by atoms with Gasteiger partial charge in [0.2, 0.25) is 11.4 Å². The van der Waals surface area contributed by atoms with Crippen molar-refractivity contribution in [3.63, 3.8) is 0 Å². The van der Waals surface area contributed by atoms with E-state index in [2.05, 4.69) is 93.5 Å². The molecule has 1 heterocycles. The van der Waals surface area contributed by atoms with Gasteiger partial charge in [-0.2, -0.15) is 0 Å². The van der Waals surface area contributed by atoms with Gasteiger partial charge in [-0.1, -0.05) is 145 Å². The van der Waals surface area contributed by atoms with E-state index < -0.39 is 0 Å². The quantitative estimate of drug-likeness (QED) is 0.0361. The third-order valence-corrected chi connectivity index (χ3v) is 15.6. The molecule has 0 aliphatic carbocycles. The molecule has 0 saturated carbocycles. The number of unbranched alkanes of at least 4 members (excludes halogenated alkanes) is 18. The van der Waals surface area contributed by atoms with Crippen molar-refractivity contribution in [2.45, 2.75) is 311 Å². The van der Waals surface area contributed by atoms with Crippen LogP contribution in [0, 0.1) is 0 Å². The van der Waals surface area contributed by atoms with Crippen molar-refractivity contribution < 1.29 is 19.1 Å². The second-order valence-electron chi connectivity index (χ2n) is 20.4. The van der Waals surface area contributed by atoms with Crippen molar-refractivity contribution in [3.8, 4) is 0 Å². The fourth-order valence-electron chi connectivity index (χ4n) is 10.1. The first-order valence-corrected chi connectivity index (χ1v) is 31.0. The topological polar surface area (TPSA) is 25.3 Å². The molecule has 0 radical (unpaired) electrons. The van der Waals surface area contributed by atoms with Crippen LogP contribution in [0.15, 0.2) is 35.4 Å². The summed E-state index contributed by atoms with van der Waals surface area (Å²) in [6, 6.07) is 10.2. The van der Waals surface area contributed by atoms with Crippen LogP contribution in [-0.2, 0) is 53.0 Å². The number of nitrogens with zero attached hydrogens (tertiary/aromatic N) is 2. The van der Waals surface area contributed by atoms with E-state index in [1.165, 1.54) is 213 Å². The zero-order valence-electron chi connectivity index (χ0n) is 46.4. The molecule has 0 unspecified atom stereocenters. The number of hydrogen-bond donors (Lipinski definition) is 0. The molecule has 0 saturated heterocycles. The van der Waals surface area contributed by atoms with Crippen LogP contribution in [0.5, 0.6) is 0 Å². The van der Waals surface area contributed by atoms with E-state index in [0.29, 0.717) is 0 Å². The molecule has 0 spiro atoms. The molecule has 3 heteroatoms. The summed E-state index contributed by atoms with van der Waals surface area (Å²) in [4.78, 5) is 0. The molecule has 2 aromatic rings. The van der Waals surface area contributed by atoms with Crippen molar-refractivity contribution in [1.82, 2.24) is 0 Å². The normalized spacial score (nSPS) is 12.8. The first-order valence-electron chi connectivity index (χ1n) is 29.6. The Bertz CT molecular complexity index is 1590. The fraction of sp³-hybridized carbons (Fsp3) is 0.750. The van der Waals surface area contributed by atoms with Crippen LogP contribution in [0.25, 0.3) is 16.9 Å². The molecule has 1 aliphatic heterocycles. The molecular formula is C64H110N2Ni. The Balaban J connectivity index is 0.00000124. The average Bonchev–Trinajstić information content (AvgIpc) is 3.62. The maximum atomic E-state index is 12.9. The monoisotopic (exact) mass is 965 g/mol. The minimum absolute atomic E-state index is 1.03. The Kier molecular flexibility index (Phi) is 36.2. The summed E-state index contributed by atoms with van der Waals surface area (Å²) >= 11 is 1.97. The Labute approximate surface area is 424 Å². The number of benzene rings is 2. The van der Waals surface area contributed by atoms with E-state index >= 15 is 0 Å². The summed E-state index contributed by atoms with van der Waals surface area (Å²) in [7, 11) is 0. The second kappa shape index (κ2) is 39.7. The number of rotatable bonds is 40. The Hall–Kier alpha value is -1.99. The van der Waals surface area contributed by atoms with Crippen LogP contribution in [0.4, 0.5) is 0 Å². The molecular weight excluding hydrogens is 855 g/mol. The number of aryl methyl sites for hydroxylation is 4. The van der Waals surface area contributed by atoms with Gasteiger partial charge in [0.25, 0.3) is 0 Å². The molecule has 0 N–H and O–H groups in total. The molecule has 0 fully saturated rings. The van der Waals surface area contributed by atoms with Gasteiger partial charge in [0.05, 0.1) is 0 Å². The first-order chi connectivity index (χ1) is 32.8. The van der Waals surface area contributed by atoms with Gasteiger partial charge in [-0.3, -0.25) is 0 Å². The summed E-state index contributed by atoms with van der Waals surface area (Å²) in [6.07, 6.45) is 44.9. The van der Waals surface area contributed by atoms with Gasteiger partial charge in [-0.25, -0.2) is 4.70 Å². The zero-order chi connectivity index (χ0) is 48.9. The van der Waals surface area contributed by atoms with Crippen LogP contribution in [-0.4, -0.2) is 4.70 Å². The van der Waals surface area contributed by atoms with Crippen molar-refractivity contribution in [3.05, 3.63) is 85.5 Å². The minimum atomic E-state index is 1.03. The van der Waals surface area contributed by atoms with Gasteiger partial charge in [0, 0.05) is 22.3 Å². The molecule has 0 amide bonds. The Morgan fingerprint density at radius 2 is 0.582 bits per heavy atom.